The van der Waals surface area contributed by atoms with Gasteiger partial charge in [-0.3, -0.25) is 0 Å². The molecule has 0 N–H and O–H groups in total. The highest BCUT2D eigenvalue weighted by atomic mass is 32.2. The van der Waals surface area contributed by atoms with E-state index in [9.17, 15) is 13.0 Å². The van der Waals surface area contributed by atoms with Crippen LogP contribution in [0.25, 0.3) is 10.8 Å². The van der Waals surface area contributed by atoms with E-state index in [4.69, 9.17) is 0 Å². The molecule has 0 aliphatic heterocycles. The van der Waals surface area contributed by atoms with Crippen LogP contribution in [0.4, 0.5) is 0 Å². The van der Waals surface area contributed by atoms with Crippen molar-refractivity contribution in [2.45, 2.75) is 57.3 Å². The minimum atomic E-state index is -4.47. The average Bonchev–Trinajstić information content (AvgIpc) is 2.52. The largest absolute Gasteiger partial charge is 0.744 e. The maximum Gasteiger partial charge on any atom is 0.124 e. The van der Waals surface area contributed by atoms with Gasteiger partial charge in [-0.2, -0.15) is 0 Å². The normalized spacial score (nSPS) is 22.7. The Morgan fingerprint density at radius 3 is 2.17 bits per heavy atom. The second-order valence-corrected chi connectivity index (χ2v) is 9.42. The summed E-state index contributed by atoms with van der Waals surface area (Å²) in [7, 11) is -4.47. The first kappa shape index (κ1) is 17.4. The Morgan fingerprint density at radius 2 is 1.58 bits per heavy atom. The van der Waals surface area contributed by atoms with Crippen LogP contribution >= 0.6 is 0 Å². The lowest BCUT2D eigenvalue weighted by Crippen LogP contribution is -2.25. The van der Waals surface area contributed by atoms with Gasteiger partial charge in [-0.15, -0.1) is 0 Å². The second-order valence-electron chi connectivity index (χ2n) is 8.07. The summed E-state index contributed by atoms with van der Waals surface area (Å²) >= 11 is 0. The SMILES string of the molecule is CC(C)(C)C1CCC(c2c(S(=O)(=O)[O-])ccc3ccccc23)CC1. The molecule has 3 rings (SSSR count). The van der Waals surface area contributed by atoms with Gasteiger partial charge in [-0.05, 0) is 65.3 Å². The van der Waals surface area contributed by atoms with Crippen molar-refractivity contribution in [3.8, 4) is 0 Å². The maximum absolute atomic E-state index is 11.8. The number of hydrogen-bond donors (Lipinski definition) is 0. The van der Waals surface area contributed by atoms with Crippen molar-refractivity contribution < 1.29 is 13.0 Å². The Morgan fingerprint density at radius 1 is 0.958 bits per heavy atom. The molecule has 0 aromatic heterocycles. The summed E-state index contributed by atoms with van der Waals surface area (Å²) in [4.78, 5) is -0.0274. The maximum atomic E-state index is 11.8. The van der Waals surface area contributed by atoms with Crippen LogP contribution in [0.15, 0.2) is 41.3 Å². The molecule has 1 aliphatic rings. The van der Waals surface area contributed by atoms with Crippen LogP contribution in [-0.2, 0) is 10.1 Å². The van der Waals surface area contributed by atoms with E-state index in [0.717, 1.165) is 42.0 Å². The molecule has 130 valence electrons. The predicted molar refractivity (Wildman–Crippen MR) is 96.1 cm³/mol. The molecule has 2 aromatic rings. The van der Waals surface area contributed by atoms with E-state index in [1.807, 2.05) is 24.3 Å². The lowest BCUT2D eigenvalue weighted by atomic mass is 9.68. The number of rotatable bonds is 2. The van der Waals surface area contributed by atoms with Crippen LogP contribution in [0.1, 0.15) is 57.9 Å². The highest BCUT2D eigenvalue weighted by molar-refractivity contribution is 7.85. The number of hydrogen-bond acceptors (Lipinski definition) is 3. The molecule has 0 bridgehead atoms. The standard InChI is InChI=1S/C20H26O3S/c1-20(2,3)16-11-8-15(9-12-16)19-17-7-5-4-6-14(17)10-13-18(19)24(21,22)23/h4-7,10,13,15-16H,8-9,11-12H2,1-3H3,(H,21,22,23)/p-1. The first-order valence-electron chi connectivity index (χ1n) is 8.65. The summed E-state index contributed by atoms with van der Waals surface area (Å²) in [5, 5.41) is 1.91. The van der Waals surface area contributed by atoms with Gasteiger partial charge in [0.2, 0.25) is 0 Å². The molecule has 0 saturated heterocycles. The lowest BCUT2D eigenvalue weighted by Gasteiger charge is -2.38. The van der Waals surface area contributed by atoms with Gasteiger partial charge in [0, 0.05) is 0 Å². The molecule has 24 heavy (non-hydrogen) atoms. The van der Waals surface area contributed by atoms with E-state index < -0.39 is 10.1 Å². The third-order valence-corrected chi connectivity index (χ3v) is 6.45. The van der Waals surface area contributed by atoms with Crippen LogP contribution in [0.5, 0.6) is 0 Å². The van der Waals surface area contributed by atoms with Gasteiger partial charge in [-0.1, -0.05) is 51.1 Å². The molecule has 3 nitrogen and oxygen atoms in total. The fourth-order valence-corrected chi connectivity index (χ4v) is 4.94. The van der Waals surface area contributed by atoms with E-state index in [1.54, 1.807) is 6.07 Å². The quantitative estimate of drug-likeness (QED) is 0.715. The Balaban J connectivity index is 2.05. The molecular weight excluding hydrogens is 320 g/mol. The van der Waals surface area contributed by atoms with E-state index in [-0.39, 0.29) is 16.2 Å². The summed E-state index contributed by atoms with van der Waals surface area (Å²) in [6, 6.07) is 11.0. The Kier molecular flexibility index (Phi) is 4.47. The highest BCUT2D eigenvalue weighted by Gasteiger charge is 2.32. The van der Waals surface area contributed by atoms with Gasteiger partial charge in [0.1, 0.15) is 10.1 Å². The molecule has 0 spiro atoms. The van der Waals surface area contributed by atoms with Gasteiger partial charge in [0.25, 0.3) is 0 Å². The first-order valence-corrected chi connectivity index (χ1v) is 10.1. The zero-order valence-corrected chi connectivity index (χ0v) is 15.4. The molecule has 0 radical (unpaired) electrons. The molecule has 4 heteroatoms. The Bertz CT molecular complexity index is 839. The van der Waals surface area contributed by atoms with Crippen LogP contribution in [0, 0.1) is 11.3 Å². The summed E-state index contributed by atoms with van der Waals surface area (Å²) in [6.07, 6.45) is 4.04. The molecule has 0 atom stereocenters. The molecule has 1 aliphatic carbocycles. The first-order chi connectivity index (χ1) is 11.2. The smallest absolute Gasteiger partial charge is 0.124 e. The minimum Gasteiger partial charge on any atom is -0.744 e. The zero-order chi connectivity index (χ0) is 17.5. The fourth-order valence-electron chi connectivity index (χ4n) is 4.16. The van der Waals surface area contributed by atoms with Gasteiger partial charge in [0.05, 0.1) is 4.90 Å². The van der Waals surface area contributed by atoms with Crippen molar-refractivity contribution in [3.63, 3.8) is 0 Å². The van der Waals surface area contributed by atoms with Crippen LogP contribution in [-0.4, -0.2) is 13.0 Å². The van der Waals surface area contributed by atoms with Crippen molar-refractivity contribution >= 4 is 20.9 Å². The topological polar surface area (TPSA) is 57.2 Å². The summed E-state index contributed by atoms with van der Waals surface area (Å²) in [6.45, 7) is 6.80. The second kappa shape index (κ2) is 6.16. The zero-order valence-electron chi connectivity index (χ0n) is 14.6. The van der Waals surface area contributed by atoms with E-state index >= 15 is 0 Å². The third-order valence-electron chi connectivity index (χ3n) is 5.56. The van der Waals surface area contributed by atoms with Crippen molar-refractivity contribution in [1.82, 2.24) is 0 Å². The van der Waals surface area contributed by atoms with Gasteiger partial charge < -0.3 is 4.55 Å². The summed E-state index contributed by atoms with van der Waals surface area (Å²) < 4.78 is 35.4. The van der Waals surface area contributed by atoms with Crippen LogP contribution in [0.2, 0.25) is 0 Å². The van der Waals surface area contributed by atoms with Gasteiger partial charge in [0.15, 0.2) is 0 Å². The van der Waals surface area contributed by atoms with E-state index in [2.05, 4.69) is 20.8 Å². The molecule has 1 saturated carbocycles. The van der Waals surface area contributed by atoms with Crippen molar-refractivity contribution in [1.29, 1.82) is 0 Å². The molecule has 0 heterocycles. The number of benzene rings is 2. The Labute approximate surface area is 144 Å². The minimum absolute atomic E-state index is 0.0274. The van der Waals surface area contributed by atoms with E-state index in [0.29, 0.717) is 5.92 Å². The Hall–Kier alpha value is -1.39. The average molecular weight is 345 g/mol. The molecule has 0 unspecified atom stereocenters. The molecule has 1 fully saturated rings. The highest BCUT2D eigenvalue weighted by Crippen LogP contribution is 2.46. The molecular formula is C20H25O3S-. The van der Waals surface area contributed by atoms with Gasteiger partial charge in [-0.25, -0.2) is 8.42 Å². The van der Waals surface area contributed by atoms with Crippen LogP contribution < -0.4 is 0 Å². The van der Waals surface area contributed by atoms with Crippen molar-refractivity contribution in [3.05, 3.63) is 42.0 Å². The van der Waals surface area contributed by atoms with E-state index in [1.165, 1.54) is 6.07 Å². The third kappa shape index (κ3) is 3.35. The monoisotopic (exact) mass is 345 g/mol. The van der Waals surface area contributed by atoms with Crippen molar-refractivity contribution in [2.24, 2.45) is 11.3 Å². The summed E-state index contributed by atoms with van der Waals surface area (Å²) in [5.74, 6) is 0.796. The summed E-state index contributed by atoms with van der Waals surface area (Å²) in [5.41, 5.74) is 1.02. The van der Waals surface area contributed by atoms with Crippen molar-refractivity contribution in [2.75, 3.05) is 0 Å². The number of fused-ring (bicyclic) bond motifs is 1. The van der Waals surface area contributed by atoms with Crippen LogP contribution in [0.3, 0.4) is 0 Å². The molecule has 0 amide bonds. The predicted octanol–water partition coefficient (Wildman–Crippen LogP) is 5.06. The lowest BCUT2D eigenvalue weighted by molar-refractivity contribution is 0.169. The fraction of sp³-hybridized carbons (Fsp3) is 0.500. The van der Waals surface area contributed by atoms with Gasteiger partial charge >= 0.3 is 0 Å². The molecule has 2 aromatic carbocycles.